The molecule has 1 aromatic carbocycles. The summed E-state index contributed by atoms with van der Waals surface area (Å²) in [4.78, 5) is 23.2. The van der Waals surface area contributed by atoms with E-state index < -0.39 is 30.5 Å². The van der Waals surface area contributed by atoms with E-state index in [4.69, 9.17) is 10.7 Å². The molecular formula is C11H12BrClN2O5S. The van der Waals surface area contributed by atoms with Gasteiger partial charge in [0, 0.05) is 36.4 Å². The lowest BCUT2D eigenvalue weighted by Crippen LogP contribution is -2.28. The molecule has 1 rings (SSSR count). The van der Waals surface area contributed by atoms with Crippen molar-refractivity contribution in [1.29, 1.82) is 0 Å². The lowest BCUT2D eigenvalue weighted by Gasteiger charge is -2.17. The molecule has 7 nitrogen and oxygen atoms in total. The zero-order valence-corrected chi connectivity index (χ0v) is 14.3. The summed E-state index contributed by atoms with van der Waals surface area (Å²) in [6.07, 6.45) is 0.690. The Bertz CT molecular complexity index is 692. The molecule has 1 aromatic rings. The number of non-ortho nitro benzene ring substituents is 1. The van der Waals surface area contributed by atoms with Crippen LogP contribution in [0.4, 0.5) is 5.69 Å². The van der Waals surface area contributed by atoms with Gasteiger partial charge in [-0.2, -0.15) is 0 Å². The fourth-order valence-corrected chi connectivity index (χ4v) is 3.93. The normalized spacial score (nSPS) is 11.2. The molecule has 0 aliphatic rings. The van der Waals surface area contributed by atoms with Crippen molar-refractivity contribution in [3.8, 4) is 0 Å². The average Bonchev–Trinajstić information content (AvgIpc) is 2.36. The average molecular weight is 400 g/mol. The van der Waals surface area contributed by atoms with Crippen LogP contribution in [0.25, 0.3) is 0 Å². The number of hydrogen-bond acceptors (Lipinski definition) is 5. The molecule has 1 amide bonds. The van der Waals surface area contributed by atoms with Gasteiger partial charge in [0.25, 0.3) is 20.6 Å². The van der Waals surface area contributed by atoms with Gasteiger partial charge in [-0.15, -0.1) is 0 Å². The third-order valence-corrected chi connectivity index (χ3v) is 5.10. The van der Waals surface area contributed by atoms with E-state index in [-0.39, 0.29) is 10.0 Å². The third kappa shape index (κ3) is 4.14. The highest BCUT2D eigenvalue weighted by Gasteiger charge is 2.26. The molecule has 0 aliphatic heterocycles. The molecule has 0 saturated heterocycles. The summed E-state index contributed by atoms with van der Waals surface area (Å²) in [6, 6.07) is 1.83. The number of benzene rings is 1. The minimum atomic E-state index is -4.23. The fourth-order valence-electron chi connectivity index (χ4n) is 1.66. The van der Waals surface area contributed by atoms with Crippen molar-refractivity contribution in [2.24, 2.45) is 0 Å². The van der Waals surface area contributed by atoms with E-state index >= 15 is 0 Å². The lowest BCUT2D eigenvalue weighted by molar-refractivity contribution is -0.385. The second kappa shape index (κ2) is 6.71. The Morgan fingerprint density at radius 3 is 2.48 bits per heavy atom. The Balaban J connectivity index is 3.55. The third-order valence-electron chi connectivity index (χ3n) is 2.63. The number of nitro groups is 1. The largest absolute Gasteiger partial charge is 0.342 e. The first-order chi connectivity index (χ1) is 9.59. The van der Waals surface area contributed by atoms with E-state index in [0.29, 0.717) is 13.0 Å². The van der Waals surface area contributed by atoms with E-state index in [9.17, 15) is 23.3 Å². The summed E-state index contributed by atoms with van der Waals surface area (Å²) in [5.74, 6) is -0.533. The quantitative estimate of drug-likeness (QED) is 0.431. The molecule has 0 spiro atoms. The highest BCUT2D eigenvalue weighted by atomic mass is 79.9. The monoisotopic (exact) mass is 398 g/mol. The van der Waals surface area contributed by atoms with E-state index in [1.807, 2.05) is 6.92 Å². The van der Waals surface area contributed by atoms with Gasteiger partial charge in [0.2, 0.25) is 0 Å². The second-order valence-electron chi connectivity index (χ2n) is 4.23. The lowest BCUT2D eigenvalue weighted by atomic mass is 10.1. The van der Waals surface area contributed by atoms with Crippen molar-refractivity contribution in [3.05, 3.63) is 32.3 Å². The number of carbonyl (C=O) groups is 1. The molecule has 0 unspecified atom stereocenters. The van der Waals surface area contributed by atoms with E-state index in [2.05, 4.69) is 15.9 Å². The van der Waals surface area contributed by atoms with Crippen molar-refractivity contribution in [1.82, 2.24) is 4.90 Å². The first-order valence-corrected chi connectivity index (χ1v) is 8.87. The Hall–Kier alpha value is -1.19. The van der Waals surface area contributed by atoms with E-state index in [1.165, 1.54) is 11.9 Å². The molecule has 0 fully saturated rings. The van der Waals surface area contributed by atoms with Crippen molar-refractivity contribution in [2.45, 2.75) is 18.2 Å². The van der Waals surface area contributed by atoms with Crippen molar-refractivity contribution in [2.75, 3.05) is 13.6 Å². The van der Waals surface area contributed by atoms with Crippen LogP contribution < -0.4 is 0 Å². The Morgan fingerprint density at radius 1 is 1.48 bits per heavy atom. The molecule has 21 heavy (non-hydrogen) atoms. The van der Waals surface area contributed by atoms with Gasteiger partial charge in [0.1, 0.15) is 4.90 Å². The zero-order chi connectivity index (χ0) is 16.4. The van der Waals surface area contributed by atoms with Crippen LogP contribution >= 0.6 is 26.6 Å². The van der Waals surface area contributed by atoms with Gasteiger partial charge in [0.15, 0.2) is 0 Å². The first kappa shape index (κ1) is 17.9. The number of nitrogens with zero attached hydrogens (tertiary/aromatic N) is 2. The number of amides is 1. The van der Waals surface area contributed by atoms with Crippen molar-refractivity contribution >= 4 is 47.3 Å². The maximum Gasteiger partial charge on any atom is 0.271 e. The number of nitro benzene ring substituents is 1. The summed E-state index contributed by atoms with van der Waals surface area (Å²) in [7, 11) is 2.54. The molecule has 0 saturated carbocycles. The summed E-state index contributed by atoms with van der Waals surface area (Å²) < 4.78 is 22.9. The molecule has 0 aliphatic carbocycles. The van der Waals surface area contributed by atoms with Crippen LogP contribution in [0.5, 0.6) is 0 Å². The van der Waals surface area contributed by atoms with Gasteiger partial charge in [-0.25, -0.2) is 8.42 Å². The van der Waals surface area contributed by atoms with E-state index in [0.717, 1.165) is 12.1 Å². The molecule has 10 heteroatoms. The standard InChI is InChI=1S/C11H12BrClN2O5S/c1-3-4-14(2)11(16)8-5-7(15(17)18)6-9(10(8)12)21(13,19)20/h5-6H,3-4H2,1-2H3. The molecule has 0 N–H and O–H groups in total. The van der Waals surface area contributed by atoms with Crippen LogP contribution in [-0.4, -0.2) is 37.7 Å². The van der Waals surface area contributed by atoms with Gasteiger partial charge in [0.05, 0.1) is 15.0 Å². The number of halogens is 2. The Kier molecular flexibility index (Phi) is 5.71. The summed E-state index contributed by atoms with van der Waals surface area (Å²) in [6.45, 7) is 2.29. The molecule has 0 heterocycles. The molecule has 116 valence electrons. The van der Waals surface area contributed by atoms with Gasteiger partial charge < -0.3 is 4.90 Å². The zero-order valence-electron chi connectivity index (χ0n) is 11.2. The fraction of sp³-hybridized carbons (Fsp3) is 0.364. The summed E-state index contributed by atoms with van der Waals surface area (Å²) >= 11 is 2.99. The molecular weight excluding hydrogens is 388 g/mol. The van der Waals surface area contributed by atoms with Crippen LogP contribution in [0, 0.1) is 10.1 Å². The minimum absolute atomic E-state index is 0.0870. The molecule has 0 bridgehead atoms. The number of hydrogen-bond donors (Lipinski definition) is 0. The molecule has 0 aromatic heterocycles. The maximum absolute atomic E-state index is 12.2. The topological polar surface area (TPSA) is 97.6 Å². The number of rotatable bonds is 5. The van der Waals surface area contributed by atoms with Gasteiger partial charge >= 0.3 is 0 Å². The van der Waals surface area contributed by atoms with Gasteiger partial charge in [-0.05, 0) is 22.4 Å². The predicted octanol–water partition coefficient (Wildman–Crippen LogP) is 2.77. The predicted molar refractivity (Wildman–Crippen MR) is 81.1 cm³/mol. The van der Waals surface area contributed by atoms with Crippen LogP contribution in [-0.2, 0) is 9.05 Å². The van der Waals surface area contributed by atoms with Gasteiger partial charge in [-0.1, -0.05) is 6.92 Å². The highest BCUT2D eigenvalue weighted by Crippen LogP contribution is 2.33. The maximum atomic E-state index is 12.2. The van der Waals surface area contributed by atoms with Crippen molar-refractivity contribution in [3.63, 3.8) is 0 Å². The minimum Gasteiger partial charge on any atom is -0.342 e. The SMILES string of the molecule is CCCN(C)C(=O)c1cc([N+](=O)[O-])cc(S(=O)(=O)Cl)c1Br. The van der Waals surface area contributed by atoms with Crippen LogP contribution in [0.1, 0.15) is 23.7 Å². The molecule has 0 radical (unpaired) electrons. The van der Waals surface area contributed by atoms with Crippen molar-refractivity contribution < 1.29 is 18.1 Å². The van der Waals surface area contributed by atoms with E-state index in [1.54, 1.807) is 0 Å². The first-order valence-electron chi connectivity index (χ1n) is 5.77. The highest BCUT2D eigenvalue weighted by molar-refractivity contribution is 9.10. The Labute approximate surface area is 134 Å². The molecule has 0 atom stereocenters. The summed E-state index contributed by atoms with van der Waals surface area (Å²) in [5.41, 5.74) is -0.648. The summed E-state index contributed by atoms with van der Waals surface area (Å²) in [5, 5.41) is 10.9. The number of carbonyl (C=O) groups excluding carboxylic acids is 1. The van der Waals surface area contributed by atoms with Crippen LogP contribution in [0.3, 0.4) is 0 Å². The van der Waals surface area contributed by atoms with Gasteiger partial charge in [-0.3, -0.25) is 14.9 Å². The Morgan fingerprint density at radius 2 is 2.05 bits per heavy atom. The smallest absolute Gasteiger partial charge is 0.271 e. The van der Waals surface area contributed by atoms with Crippen LogP contribution in [0.2, 0.25) is 0 Å². The second-order valence-corrected chi connectivity index (χ2v) is 7.55. The van der Waals surface area contributed by atoms with Crippen LogP contribution in [0.15, 0.2) is 21.5 Å².